The molecule has 0 aromatic carbocycles. The molecule has 0 bridgehead atoms. The third-order valence-corrected chi connectivity index (χ3v) is 3.53. The van der Waals surface area contributed by atoms with Crippen molar-refractivity contribution in [1.82, 2.24) is 4.98 Å². The van der Waals surface area contributed by atoms with E-state index in [9.17, 15) is 0 Å². The molecule has 0 amide bonds. The van der Waals surface area contributed by atoms with E-state index in [4.69, 9.17) is 0 Å². The molecule has 1 aliphatic heterocycles. The van der Waals surface area contributed by atoms with Crippen LogP contribution in [0.5, 0.6) is 0 Å². The van der Waals surface area contributed by atoms with Crippen LogP contribution in [0.2, 0.25) is 0 Å². The SMILES string of the molecule is CC1=NC=CC(C)(c2ccncc2)C1C. The Morgan fingerprint density at radius 2 is 1.93 bits per heavy atom. The molecule has 1 aromatic rings. The minimum absolute atomic E-state index is 0.0504. The Bertz CT molecular complexity index is 406. The van der Waals surface area contributed by atoms with Gasteiger partial charge in [0.05, 0.1) is 0 Å². The highest BCUT2D eigenvalue weighted by molar-refractivity contribution is 5.87. The molecule has 2 atom stereocenters. The van der Waals surface area contributed by atoms with Crippen molar-refractivity contribution < 1.29 is 0 Å². The fourth-order valence-electron chi connectivity index (χ4n) is 2.06. The molecule has 2 rings (SSSR count). The van der Waals surface area contributed by atoms with E-state index in [1.165, 1.54) is 11.3 Å². The van der Waals surface area contributed by atoms with Gasteiger partial charge in [-0.15, -0.1) is 0 Å². The zero-order valence-electron chi connectivity index (χ0n) is 9.44. The van der Waals surface area contributed by atoms with Gasteiger partial charge in [-0.25, -0.2) is 0 Å². The van der Waals surface area contributed by atoms with Crippen molar-refractivity contribution in [3.05, 3.63) is 42.4 Å². The summed E-state index contributed by atoms with van der Waals surface area (Å²) in [6.45, 7) is 6.57. The number of pyridine rings is 1. The molecule has 2 heterocycles. The van der Waals surface area contributed by atoms with Crippen molar-refractivity contribution in [2.24, 2.45) is 10.9 Å². The summed E-state index contributed by atoms with van der Waals surface area (Å²) in [6, 6.07) is 4.17. The average Bonchev–Trinajstić information content (AvgIpc) is 2.27. The normalized spacial score (nSPS) is 30.1. The Kier molecular flexibility index (Phi) is 2.43. The number of nitrogens with zero attached hydrogens (tertiary/aromatic N) is 2. The van der Waals surface area contributed by atoms with Gasteiger partial charge in [0.1, 0.15) is 0 Å². The zero-order chi connectivity index (χ0) is 10.9. The topological polar surface area (TPSA) is 25.2 Å². The number of rotatable bonds is 1. The van der Waals surface area contributed by atoms with Crippen LogP contribution in [-0.4, -0.2) is 10.7 Å². The summed E-state index contributed by atoms with van der Waals surface area (Å²) in [5.41, 5.74) is 2.54. The molecule has 15 heavy (non-hydrogen) atoms. The minimum atomic E-state index is 0.0504. The maximum absolute atomic E-state index is 4.35. The summed E-state index contributed by atoms with van der Waals surface area (Å²) in [5.74, 6) is 0.435. The fourth-order valence-corrected chi connectivity index (χ4v) is 2.06. The van der Waals surface area contributed by atoms with E-state index in [0.29, 0.717) is 5.92 Å². The van der Waals surface area contributed by atoms with Gasteiger partial charge in [0, 0.05) is 35.6 Å². The summed E-state index contributed by atoms with van der Waals surface area (Å²) < 4.78 is 0. The molecule has 0 saturated heterocycles. The van der Waals surface area contributed by atoms with E-state index in [1.807, 2.05) is 18.6 Å². The van der Waals surface area contributed by atoms with Crippen LogP contribution in [0, 0.1) is 5.92 Å². The van der Waals surface area contributed by atoms with Gasteiger partial charge in [0.25, 0.3) is 0 Å². The van der Waals surface area contributed by atoms with Gasteiger partial charge in [-0.05, 0) is 24.6 Å². The first-order chi connectivity index (χ1) is 7.14. The number of aromatic nitrogens is 1. The van der Waals surface area contributed by atoms with Crippen molar-refractivity contribution in [3.63, 3.8) is 0 Å². The number of aliphatic imine (C=N–C) groups is 1. The Morgan fingerprint density at radius 1 is 1.27 bits per heavy atom. The summed E-state index contributed by atoms with van der Waals surface area (Å²) in [4.78, 5) is 8.41. The summed E-state index contributed by atoms with van der Waals surface area (Å²) in [5, 5.41) is 0. The van der Waals surface area contributed by atoms with E-state index < -0.39 is 0 Å². The summed E-state index contributed by atoms with van der Waals surface area (Å²) in [7, 11) is 0. The number of hydrogen-bond acceptors (Lipinski definition) is 2. The third-order valence-electron chi connectivity index (χ3n) is 3.53. The van der Waals surface area contributed by atoms with Crippen molar-refractivity contribution in [2.45, 2.75) is 26.2 Å². The van der Waals surface area contributed by atoms with Gasteiger partial charge in [-0.1, -0.05) is 19.9 Å². The molecule has 0 radical (unpaired) electrons. The van der Waals surface area contributed by atoms with Crippen LogP contribution in [0.25, 0.3) is 0 Å². The monoisotopic (exact) mass is 200 g/mol. The molecule has 0 saturated carbocycles. The Hall–Kier alpha value is -1.44. The van der Waals surface area contributed by atoms with Crippen LogP contribution in [0.4, 0.5) is 0 Å². The lowest BCUT2D eigenvalue weighted by Gasteiger charge is -2.35. The second-order valence-electron chi connectivity index (χ2n) is 4.33. The van der Waals surface area contributed by atoms with Crippen LogP contribution < -0.4 is 0 Å². The minimum Gasteiger partial charge on any atom is -0.266 e. The van der Waals surface area contributed by atoms with Gasteiger partial charge in [-0.3, -0.25) is 9.98 Å². The molecule has 0 N–H and O–H groups in total. The number of hydrogen-bond donors (Lipinski definition) is 0. The highest BCUT2D eigenvalue weighted by Crippen LogP contribution is 2.36. The summed E-state index contributed by atoms with van der Waals surface area (Å²) in [6.07, 6.45) is 7.79. The molecule has 2 heteroatoms. The van der Waals surface area contributed by atoms with Gasteiger partial charge >= 0.3 is 0 Å². The van der Waals surface area contributed by atoms with E-state index in [0.717, 1.165) is 0 Å². The molecule has 0 fully saturated rings. The van der Waals surface area contributed by atoms with Crippen LogP contribution in [-0.2, 0) is 5.41 Å². The highest BCUT2D eigenvalue weighted by Gasteiger charge is 2.33. The lowest BCUT2D eigenvalue weighted by molar-refractivity contribution is 0.479. The van der Waals surface area contributed by atoms with Crippen LogP contribution >= 0.6 is 0 Å². The summed E-state index contributed by atoms with van der Waals surface area (Å²) >= 11 is 0. The molecular formula is C13H16N2. The van der Waals surface area contributed by atoms with Gasteiger partial charge in [0.2, 0.25) is 0 Å². The van der Waals surface area contributed by atoms with E-state index in [1.54, 1.807) is 0 Å². The second-order valence-corrected chi connectivity index (χ2v) is 4.33. The van der Waals surface area contributed by atoms with Crippen molar-refractivity contribution >= 4 is 5.71 Å². The highest BCUT2D eigenvalue weighted by atomic mass is 14.7. The molecule has 1 aliphatic rings. The third kappa shape index (κ3) is 1.60. The Labute approximate surface area is 90.8 Å². The van der Waals surface area contributed by atoms with Crippen molar-refractivity contribution in [3.8, 4) is 0 Å². The molecular weight excluding hydrogens is 184 g/mol. The Balaban J connectivity index is 2.44. The average molecular weight is 200 g/mol. The quantitative estimate of drug-likeness (QED) is 0.684. The van der Waals surface area contributed by atoms with E-state index in [2.05, 4.69) is 49.0 Å². The van der Waals surface area contributed by atoms with Gasteiger partial charge in [-0.2, -0.15) is 0 Å². The largest absolute Gasteiger partial charge is 0.266 e. The molecule has 2 unspecified atom stereocenters. The molecule has 0 aliphatic carbocycles. The van der Waals surface area contributed by atoms with E-state index >= 15 is 0 Å². The van der Waals surface area contributed by atoms with Crippen molar-refractivity contribution in [2.75, 3.05) is 0 Å². The Morgan fingerprint density at radius 3 is 2.60 bits per heavy atom. The first-order valence-corrected chi connectivity index (χ1v) is 5.27. The predicted octanol–water partition coefficient (Wildman–Crippen LogP) is 2.96. The smallest absolute Gasteiger partial charge is 0.0270 e. The maximum Gasteiger partial charge on any atom is 0.0270 e. The van der Waals surface area contributed by atoms with Crippen LogP contribution in [0.15, 0.2) is 41.8 Å². The first kappa shape index (κ1) is 10.1. The molecule has 1 aromatic heterocycles. The zero-order valence-corrected chi connectivity index (χ0v) is 9.44. The van der Waals surface area contributed by atoms with E-state index in [-0.39, 0.29) is 5.41 Å². The second kappa shape index (κ2) is 3.61. The maximum atomic E-state index is 4.35. The first-order valence-electron chi connectivity index (χ1n) is 5.27. The number of allylic oxidation sites excluding steroid dienone is 1. The predicted molar refractivity (Wildman–Crippen MR) is 63.0 cm³/mol. The lowest BCUT2D eigenvalue weighted by atomic mass is 9.70. The fraction of sp³-hybridized carbons (Fsp3) is 0.385. The van der Waals surface area contributed by atoms with Crippen LogP contribution in [0.3, 0.4) is 0 Å². The van der Waals surface area contributed by atoms with Crippen LogP contribution in [0.1, 0.15) is 26.3 Å². The standard InChI is InChI=1S/C13H16N2/c1-10-11(2)15-9-6-13(10,3)12-4-7-14-8-5-12/h4-10H,1-3H3. The van der Waals surface area contributed by atoms with Crippen molar-refractivity contribution in [1.29, 1.82) is 0 Å². The molecule has 2 nitrogen and oxygen atoms in total. The lowest BCUT2D eigenvalue weighted by Crippen LogP contribution is -2.34. The van der Waals surface area contributed by atoms with Gasteiger partial charge in [0.15, 0.2) is 0 Å². The molecule has 78 valence electrons. The molecule has 0 spiro atoms. The van der Waals surface area contributed by atoms with Gasteiger partial charge < -0.3 is 0 Å².